The molecule has 1 aromatic rings. The van der Waals surface area contributed by atoms with E-state index in [1.807, 2.05) is 18.2 Å². The van der Waals surface area contributed by atoms with Gasteiger partial charge in [-0.25, -0.2) is 0 Å². The molecule has 4 heteroatoms. The Morgan fingerprint density at radius 1 is 1.13 bits per heavy atom. The van der Waals surface area contributed by atoms with E-state index in [2.05, 4.69) is 11.0 Å². The number of nitrogens with two attached hydrogens (primary N) is 2. The molecule has 0 radical (unpaired) electrons. The third kappa shape index (κ3) is 4.62. The number of hydrogen-bond donors (Lipinski definition) is 2. The minimum absolute atomic E-state index is 0.653. The van der Waals surface area contributed by atoms with Crippen LogP contribution in [0.25, 0.3) is 0 Å². The van der Waals surface area contributed by atoms with E-state index in [4.69, 9.17) is 23.1 Å². The molecule has 0 aromatic heterocycles. The van der Waals surface area contributed by atoms with Crippen LogP contribution in [-0.4, -0.2) is 31.1 Å². The zero-order valence-electron chi connectivity index (χ0n) is 8.82. The second kappa shape index (κ2) is 6.80. The maximum absolute atomic E-state index is 5.91. The largest absolute Gasteiger partial charge is 0.329 e. The van der Waals surface area contributed by atoms with Gasteiger partial charge in [-0.15, -0.1) is 0 Å². The number of rotatable bonds is 6. The first-order chi connectivity index (χ1) is 7.26. The van der Waals surface area contributed by atoms with Crippen LogP contribution >= 0.6 is 11.6 Å². The van der Waals surface area contributed by atoms with Gasteiger partial charge in [-0.3, -0.25) is 4.90 Å². The highest BCUT2D eigenvalue weighted by molar-refractivity contribution is 6.30. The van der Waals surface area contributed by atoms with E-state index in [1.54, 1.807) is 0 Å². The Balaban J connectivity index is 2.56. The van der Waals surface area contributed by atoms with Crippen molar-refractivity contribution >= 4 is 11.6 Å². The van der Waals surface area contributed by atoms with Gasteiger partial charge >= 0.3 is 0 Å². The molecule has 0 aliphatic carbocycles. The fourth-order valence-corrected chi connectivity index (χ4v) is 1.74. The lowest BCUT2D eigenvalue weighted by atomic mass is 10.2. The van der Waals surface area contributed by atoms with Crippen LogP contribution in [0.4, 0.5) is 0 Å². The van der Waals surface area contributed by atoms with Gasteiger partial charge in [0.2, 0.25) is 0 Å². The first-order valence-electron chi connectivity index (χ1n) is 5.13. The van der Waals surface area contributed by atoms with E-state index in [0.717, 1.165) is 24.7 Å². The topological polar surface area (TPSA) is 55.3 Å². The van der Waals surface area contributed by atoms with Crippen molar-refractivity contribution in [3.05, 3.63) is 34.9 Å². The summed E-state index contributed by atoms with van der Waals surface area (Å²) < 4.78 is 0. The Morgan fingerprint density at radius 3 is 2.33 bits per heavy atom. The molecule has 0 amide bonds. The van der Waals surface area contributed by atoms with Crippen molar-refractivity contribution in [3.8, 4) is 0 Å². The Hall–Kier alpha value is -0.610. The smallest absolute Gasteiger partial charge is 0.0409 e. The molecule has 0 saturated heterocycles. The molecule has 15 heavy (non-hydrogen) atoms. The summed E-state index contributed by atoms with van der Waals surface area (Å²) >= 11 is 5.91. The normalized spacial score (nSPS) is 10.9. The Labute approximate surface area is 96.0 Å². The lowest BCUT2D eigenvalue weighted by molar-refractivity contribution is 0.281. The number of halogens is 1. The van der Waals surface area contributed by atoms with Crippen molar-refractivity contribution in [3.63, 3.8) is 0 Å². The van der Waals surface area contributed by atoms with E-state index in [-0.39, 0.29) is 0 Å². The molecular formula is C11H18ClN3. The first kappa shape index (κ1) is 12.5. The van der Waals surface area contributed by atoms with Crippen molar-refractivity contribution in [1.29, 1.82) is 0 Å². The molecule has 1 rings (SSSR count). The van der Waals surface area contributed by atoms with Crippen LogP contribution in [0, 0.1) is 0 Å². The van der Waals surface area contributed by atoms with Gasteiger partial charge in [0.1, 0.15) is 0 Å². The molecule has 0 aliphatic rings. The maximum atomic E-state index is 5.91. The monoisotopic (exact) mass is 227 g/mol. The standard InChI is InChI=1S/C11H18ClN3/c12-11-3-1-2-10(8-11)9-15(6-4-13)7-5-14/h1-3,8H,4-7,9,13-14H2. The van der Waals surface area contributed by atoms with Crippen molar-refractivity contribution in [1.82, 2.24) is 4.90 Å². The lowest BCUT2D eigenvalue weighted by Gasteiger charge is -2.20. The zero-order valence-corrected chi connectivity index (χ0v) is 9.58. The van der Waals surface area contributed by atoms with E-state index in [0.29, 0.717) is 13.1 Å². The van der Waals surface area contributed by atoms with Gasteiger partial charge in [0.25, 0.3) is 0 Å². The predicted octanol–water partition coefficient (Wildman–Crippen LogP) is 1.06. The van der Waals surface area contributed by atoms with Crippen LogP contribution in [0.2, 0.25) is 5.02 Å². The van der Waals surface area contributed by atoms with Gasteiger partial charge in [-0.2, -0.15) is 0 Å². The summed E-state index contributed by atoms with van der Waals surface area (Å²) in [7, 11) is 0. The molecule has 0 fully saturated rings. The van der Waals surface area contributed by atoms with E-state index < -0.39 is 0 Å². The van der Waals surface area contributed by atoms with Crippen molar-refractivity contribution in [2.24, 2.45) is 11.5 Å². The van der Waals surface area contributed by atoms with Crippen molar-refractivity contribution in [2.75, 3.05) is 26.2 Å². The van der Waals surface area contributed by atoms with E-state index >= 15 is 0 Å². The maximum Gasteiger partial charge on any atom is 0.0409 e. The van der Waals surface area contributed by atoms with Gasteiger partial charge in [0.15, 0.2) is 0 Å². The quantitative estimate of drug-likeness (QED) is 0.764. The molecule has 0 atom stereocenters. The molecule has 3 nitrogen and oxygen atoms in total. The Bertz CT molecular complexity index is 285. The van der Waals surface area contributed by atoms with E-state index in [1.165, 1.54) is 5.56 Å². The highest BCUT2D eigenvalue weighted by Crippen LogP contribution is 2.12. The summed E-state index contributed by atoms with van der Waals surface area (Å²) in [5.41, 5.74) is 12.3. The van der Waals surface area contributed by atoms with Gasteiger partial charge in [-0.05, 0) is 17.7 Å². The molecule has 1 aromatic carbocycles. The van der Waals surface area contributed by atoms with Gasteiger partial charge in [0, 0.05) is 37.7 Å². The minimum Gasteiger partial charge on any atom is -0.329 e. The lowest BCUT2D eigenvalue weighted by Crippen LogP contribution is -2.33. The van der Waals surface area contributed by atoms with Gasteiger partial charge < -0.3 is 11.5 Å². The highest BCUT2D eigenvalue weighted by Gasteiger charge is 2.03. The van der Waals surface area contributed by atoms with Crippen molar-refractivity contribution < 1.29 is 0 Å². The molecule has 0 unspecified atom stereocenters. The summed E-state index contributed by atoms with van der Waals surface area (Å²) in [4.78, 5) is 2.23. The van der Waals surface area contributed by atoms with Crippen LogP contribution in [0.15, 0.2) is 24.3 Å². The zero-order chi connectivity index (χ0) is 11.1. The fraction of sp³-hybridized carbons (Fsp3) is 0.455. The number of nitrogens with zero attached hydrogens (tertiary/aromatic N) is 1. The molecule has 0 saturated carbocycles. The Kier molecular flexibility index (Phi) is 5.65. The van der Waals surface area contributed by atoms with Crippen LogP contribution in [-0.2, 0) is 6.54 Å². The summed E-state index contributed by atoms with van der Waals surface area (Å²) in [5.74, 6) is 0. The molecule has 0 spiro atoms. The predicted molar refractivity (Wildman–Crippen MR) is 64.8 cm³/mol. The van der Waals surface area contributed by atoms with Gasteiger partial charge in [-0.1, -0.05) is 23.7 Å². The molecule has 0 heterocycles. The van der Waals surface area contributed by atoms with Crippen LogP contribution in [0.5, 0.6) is 0 Å². The second-order valence-electron chi connectivity index (χ2n) is 3.48. The second-order valence-corrected chi connectivity index (χ2v) is 3.92. The van der Waals surface area contributed by atoms with E-state index in [9.17, 15) is 0 Å². The average Bonchev–Trinajstić information content (AvgIpc) is 2.18. The summed E-state index contributed by atoms with van der Waals surface area (Å²) in [6.07, 6.45) is 0. The van der Waals surface area contributed by atoms with Crippen LogP contribution in [0.3, 0.4) is 0 Å². The average molecular weight is 228 g/mol. The molecule has 84 valence electrons. The molecular weight excluding hydrogens is 210 g/mol. The minimum atomic E-state index is 0.653. The van der Waals surface area contributed by atoms with Gasteiger partial charge in [0.05, 0.1) is 0 Å². The van der Waals surface area contributed by atoms with Crippen LogP contribution < -0.4 is 11.5 Å². The Morgan fingerprint density at radius 2 is 1.80 bits per heavy atom. The summed E-state index contributed by atoms with van der Waals surface area (Å²) in [6.45, 7) is 3.89. The molecule has 0 bridgehead atoms. The number of hydrogen-bond acceptors (Lipinski definition) is 3. The molecule has 0 aliphatic heterocycles. The SMILES string of the molecule is NCCN(CCN)Cc1cccc(Cl)c1. The summed E-state index contributed by atoms with van der Waals surface area (Å²) in [6, 6.07) is 7.87. The van der Waals surface area contributed by atoms with Crippen molar-refractivity contribution in [2.45, 2.75) is 6.54 Å². The highest BCUT2D eigenvalue weighted by atomic mass is 35.5. The third-order valence-corrected chi connectivity index (χ3v) is 2.42. The first-order valence-corrected chi connectivity index (χ1v) is 5.51. The summed E-state index contributed by atoms with van der Waals surface area (Å²) in [5, 5.41) is 0.771. The molecule has 4 N–H and O–H groups in total. The third-order valence-electron chi connectivity index (χ3n) is 2.19. The number of benzene rings is 1. The fourth-order valence-electron chi connectivity index (χ4n) is 1.53. The van der Waals surface area contributed by atoms with Crippen LogP contribution in [0.1, 0.15) is 5.56 Å².